The van der Waals surface area contributed by atoms with Gasteiger partial charge in [0.15, 0.2) is 0 Å². The molecule has 0 unspecified atom stereocenters. The zero-order valence-corrected chi connectivity index (χ0v) is 12.6. The van der Waals surface area contributed by atoms with Crippen LogP contribution in [0.3, 0.4) is 0 Å². The van der Waals surface area contributed by atoms with Crippen molar-refractivity contribution >= 4 is 0 Å². The monoisotopic (exact) mass is 281 g/mol. The summed E-state index contributed by atoms with van der Waals surface area (Å²) in [5.74, 6) is 1.17. The molecule has 0 spiro atoms. The van der Waals surface area contributed by atoms with E-state index >= 15 is 0 Å². The summed E-state index contributed by atoms with van der Waals surface area (Å²) in [7, 11) is 0. The number of nitrogens with zero attached hydrogens (tertiary/aromatic N) is 2. The summed E-state index contributed by atoms with van der Waals surface area (Å²) < 4.78 is 5.70. The second-order valence-corrected chi connectivity index (χ2v) is 5.84. The molecule has 0 aliphatic carbocycles. The Morgan fingerprint density at radius 1 is 1.29 bits per heavy atom. The number of pyridine rings is 1. The predicted molar refractivity (Wildman–Crippen MR) is 82.1 cm³/mol. The van der Waals surface area contributed by atoms with Gasteiger partial charge in [-0.2, -0.15) is 5.26 Å². The highest BCUT2D eigenvalue weighted by molar-refractivity contribution is 5.47. The number of aromatic nitrogens is 1. The normalized spacial score (nSPS) is 11.0. The van der Waals surface area contributed by atoms with Crippen LogP contribution < -0.4 is 10.1 Å². The first-order chi connectivity index (χ1) is 9.98. The number of hydrogen-bond donors (Lipinski definition) is 1. The van der Waals surface area contributed by atoms with Crippen LogP contribution >= 0.6 is 0 Å². The fraction of sp³-hybridized carbons (Fsp3) is 0.294. The number of hydrogen-bond acceptors (Lipinski definition) is 4. The maximum absolute atomic E-state index is 9.28. The van der Waals surface area contributed by atoms with Crippen LogP contribution in [-0.2, 0) is 6.54 Å². The van der Waals surface area contributed by atoms with Gasteiger partial charge in [0.05, 0.1) is 11.8 Å². The van der Waals surface area contributed by atoms with E-state index in [9.17, 15) is 5.26 Å². The van der Waals surface area contributed by atoms with Crippen LogP contribution in [-0.4, -0.2) is 10.5 Å². The maximum atomic E-state index is 9.28. The van der Waals surface area contributed by atoms with Gasteiger partial charge in [0.25, 0.3) is 0 Å². The van der Waals surface area contributed by atoms with E-state index in [2.05, 4.69) is 37.1 Å². The molecule has 1 heterocycles. The van der Waals surface area contributed by atoms with E-state index in [0.717, 1.165) is 5.56 Å². The van der Waals surface area contributed by atoms with Crippen molar-refractivity contribution in [3.63, 3.8) is 0 Å². The molecular formula is C17H19N3O. The van der Waals surface area contributed by atoms with Gasteiger partial charge in [-0.15, -0.1) is 0 Å². The van der Waals surface area contributed by atoms with Crippen molar-refractivity contribution in [1.29, 1.82) is 5.26 Å². The molecule has 0 fully saturated rings. The average molecular weight is 281 g/mol. The molecule has 21 heavy (non-hydrogen) atoms. The van der Waals surface area contributed by atoms with Gasteiger partial charge in [-0.3, -0.25) is 4.98 Å². The molecule has 0 atom stereocenters. The van der Waals surface area contributed by atoms with E-state index in [1.54, 1.807) is 18.5 Å². The van der Waals surface area contributed by atoms with Gasteiger partial charge < -0.3 is 10.1 Å². The smallest absolute Gasteiger partial charge is 0.145 e. The summed E-state index contributed by atoms with van der Waals surface area (Å²) in [5.41, 5.74) is 1.62. The Balaban J connectivity index is 2.15. The zero-order valence-electron chi connectivity index (χ0n) is 12.6. The Kier molecular flexibility index (Phi) is 4.56. The van der Waals surface area contributed by atoms with E-state index in [1.807, 2.05) is 24.3 Å². The minimum Gasteiger partial charge on any atom is -0.454 e. The first kappa shape index (κ1) is 15.0. The van der Waals surface area contributed by atoms with Crippen molar-refractivity contribution in [2.45, 2.75) is 32.9 Å². The van der Waals surface area contributed by atoms with Gasteiger partial charge in [0.1, 0.15) is 17.6 Å². The van der Waals surface area contributed by atoms with E-state index in [0.29, 0.717) is 23.6 Å². The molecule has 0 bridgehead atoms. The van der Waals surface area contributed by atoms with Gasteiger partial charge >= 0.3 is 0 Å². The van der Waals surface area contributed by atoms with Gasteiger partial charge in [-0.25, -0.2) is 0 Å². The summed E-state index contributed by atoms with van der Waals surface area (Å²) in [4.78, 5) is 3.99. The quantitative estimate of drug-likeness (QED) is 0.929. The number of nitriles is 1. The zero-order chi connectivity index (χ0) is 15.3. The highest BCUT2D eigenvalue weighted by atomic mass is 16.5. The molecule has 4 heteroatoms. The molecule has 0 aliphatic rings. The van der Waals surface area contributed by atoms with Crippen LogP contribution in [0, 0.1) is 11.3 Å². The largest absolute Gasteiger partial charge is 0.454 e. The second kappa shape index (κ2) is 6.38. The van der Waals surface area contributed by atoms with Crippen molar-refractivity contribution in [3.8, 4) is 17.6 Å². The topological polar surface area (TPSA) is 57.9 Å². The van der Waals surface area contributed by atoms with Crippen molar-refractivity contribution in [1.82, 2.24) is 10.3 Å². The van der Waals surface area contributed by atoms with Crippen LogP contribution in [0.2, 0.25) is 0 Å². The summed E-state index contributed by atoms with van der Waals surface area (Å²) in [6.45, 7) is 7.04. The first-order valence-corrected chi connectivity index (χ1v) is 6.84. The fourth-order valence-corrected chi connectivity index (χ4v) is 1.77. The third kappa shape index (κ3) is 4.59. The first-order valence-electron chi connectivity index (χ1n) is 6.84. The number of ether oxygens (including phenoxy) is 1. The van der Waals surface area contributed by atoms with Crippen molar-refractivity contribution < 1.29 is 4.74 Å². The van der Waals surface area contributed by atoms with E-state index in [-0.39, 0.29) is 5.54 Å². The maximum Gasteiger partial charge on any atom is 0.145 e. The number of benzene rings is 1. The van der Waals surface area contributed by atoms with Gasteiger partial charge in [0, 0.05) is 18.3 Å². The highest BCUT2D eigenvalue weighted by Crippen LogP contribution is 2.25. The molecule has 1 aromatic carbocycles. The molecule has 108 valence electrons. The molecular weight excluding hydrogens is 262 g/mol. The van der Waals surface area contributed by atoms with Gasteiger partial charge in [-0.05, 0) is 50.6 Å². The molecule has 0 saturated heterocycles. The number of nitrogens with one attached hydrogen (secondary N) is 1. The van der Waals surface area contributed by atoms with Crippen LogP contribution in [0.5, 0.6) is 11.5 Å². The Morgan fingerprint density at radius 3 is 2.71 bits per heavy atom. The Hall–Kier alpha value is -2.38. The molecule has 0 radical (unpaired) electrons. The van der Waals surface area contributed by atoms with Crippen molar-refractivity contribution in [2.24, 2.45) is 0 Å². The minimum atomic E-state index is 0.0394. The molecule has 1 aromatic heterocycles. The van der Waals surface area contributed by atoms with Crippen LogP contribution in [0.25, 0.3) is 0 Å². The lowest BCUT2D eigenvalue weighted by Gasteiger charge is -2.20. The summed E-state index contributed by atoms with van der Waals surface area (Å²) in [5, 5.41) is 12.7. The number of rotatable bonds is 4. The second-order valence-electron chi connectivity index (χ2n) is 5.84. The molecule has 2 aromatic rings. The standard InChI is InChI=1S/C17H19N3O/c1-17(2,3)20-11-13-6-7-16(14(9-13)10-18)21-15-5-4-8-19-12-15/h4-9,12,20H,11H2,1-3H3. The minimum absolute atomic E-state index is 0.0394. The lowest BCUT2D eigenvalue weighted by molar-refractivity contribution is 0.424. The van der Waals surface area contributed by atoms with Gasteiger partial charge in [-0.1, -0.05) is 6.07 Å². The third-order valence-corrected chi connectivity index (χ3v) is 2.85. The van der Waals surface area contributed by atoms with E-state index < -0.39 is 0 Å². The predicted octanol–water partition coefficient (Wildman–Crippen LogP) is 3.63. The van der Waals surface area contributed by atoms with Gasteiger partial charge in [0.2, 0.25) is 0 Å². The van der Waals surface area contributed by atoms with Crippen molar-refractivity contribution in [2.75, 3.05) is 0 Å². The van der Waals surface area contributed by atoms with E-state index in [4.69, 9.17) is 4.74 Å². The molecule has 2 rings (SSSR count). The summed E-state index contributed by atoms with van der Waals surface area (Å²) in [6.07, 6.45) is 3.30. The third-order valence-electron chi connectivity index (χ3n) is 2.85. The highest BCUT2D eigenvalue weighted by Gasteiger charge is 2.10. The van der Waals surface area contributed by atoms with Crippen LogP contribution in [0.4, 0.5) is 0 Å². The van der Waals surface area contributed by atoms with Crippen molar-refractivity contribution in [3.05, 3.63) is 53.9 Å². The Morgan fingerprint density at radius 2 is 2.10 bits per heavy atom. The average Bonchev–Trinajstić information content (AvgIpc) is 2.46. The lowest BCUT2D eigenvalue weighted by atomic mass is 10.1. The Bertz CT molecular complexity index is 639. The summed E-state index contributed by atoms with van der Waals surface area (Å²) in [6, 6.07) is 11.4. The molecule has 4 nitrogen and oxygen atoms in total. The molecule has 0 amide bonds. The van der Waals surface area contributed by atoms with Crippen LogP contribution in [0.15, 0.2) is 42.7 Å². The molecule has 0 saturated carbocycles. The lowest BCUT2D eigenvalue weighted by Crippen LogP contribution is -2.35. The fourth-order valence-electron chi connectivity index (χ4n) is 1.77. The summed E-state index contributed by atoms with van der Waals surface area (Å²) >= 11 is 0. The van der Waals surface area contributed by atoms with Crippen LogP contribution in [0.1, 0.15) is 31.9 Å². The molecule has 0 aliphatic heterocycles. The Labute approximate surface area is 125 Å². The SMILES string of the molecule is CC(C)(C)NCc1ccc(Oc2cccnc2)c(C#N)c1. The van der Waals surface area contributed by atoms with E-state index in [1.165, 1.54) is 0 Å². The molecule has 1 N–H and O–H groups in total.